The molecule has 3 heterocycles. The van der Waals surface area contributed by atoms with Gasteiger partial charge in [-0.05, 0) is 50.7 Å². The van der Waals surface area contributed by atoms with Crippen LogP contribution in [-0.4, -0.2) is 21.5 Å². The summed E-state index contributed by atoms with van der Waals surface area (Å²) in [5.41, 5.74) is 2.04. The smallest absolute Gasteiger partial charge is 0.262 e. The van der Waals surface area contributed by atoms with Crippen molar-refractivity contribution in [3.8, 4) is 0 Å². The summed E-state index contributed by atoms with van der Waals surface area (Å²) < 4.78 is 1.82. The van der Waals surface area contributed by atoms with Gasteiger partial charge in [0.25, 0.3) is 11.5 Å². The van der Waals surface area contributed by atoms with Gasteiger partial charge in [0.1, 0.15) is 10.7 Å². The van der Waals surface area contributed by atoms with Crippen LogP contribution < -0.4 is 10.9 Å². The van der Waals surface area contributed by atoms with Crippen LogP contribution in [0, 0.1) is 6.92 Å². The molecule has 29 heavy (non-hydrogen) atoms. The van der Waals surface area contributed by atoms with Gasteiger partial charge in [0.15, 0.2) is 0 Å². The molecule has 1 aromatic carbocycles. The number of benzene rings is 1. The summed E-state index contributed by atoms with van der Waals surface area (Å²) in [6, 6.07) is 10.3. The third-order valence-electron chi connectivity index (χ3n) is 5.70. The van der Waals surface area contributed by atoms with Crippen molar-refractivity contribution >= 4 is 27.5 Å². The third kappa shape index (κ3) is 4.13. The molecule has 6 heteroatoms. The van der Waals surface area contributed by atoms with Gasteiger partial charge in [-0.2, -0.15) is 0 Å². The minimum absolute atomic E-state index is 0.0110. The van der Waals surface area contributed by atoms with Crippen LogP contribution in [-0.2, 0) is 19.4 Å². The Hall–Kier alpha value is -2.47. The Morgan fingerprint density at radius 3 is 2.83 bits per heavy atom. The molecule has 3 aromatic rings. The van der Waals surface area contributed by atoms with Crippen LogP contribution in [0.5, 0.6) is 0 Å². The summed E-state index contributed by atoms with van der Waals surface area (Å²) in [4.78, 5) is 32.0. The number of nitrogens with one attached hydrogen (secondary N) is 1. The molecule has 5 nitrogen and oxygen atoms in total. The number of nitrogens with zero attached hydrogens (tertiary/aromatic N) is 2. The molecule has 0 aliphatic carbocycles. The van der Waals surface area contributed by atoms with E-state index in [1.165, 1.54) is 16.9 Å². The number of amides is 1. The predicted molar refractivity (Wildman–Crippen MR) is 118 cm³/mol. The lowest BCUT2D eigenvalue weighted by molar-refractivity contribution is 0.0942. The van der Waals surface area contributed by atoms with Gasteiger partial charge in [0, 0.05) is 19.0 Å². The van der Waals surface area contributed by atoms with E-state index in [-0.39, 0.29) is 17.5 Å². The van der Waals surface area contributed by atoms with Crippen molar-refractivity contribution in [3.63, 3.8) is 0 Å². The maximum atomic E-state index is 13.1. The summed E-state index contributed by atoms with van der Waals surface area (Å²) >= 11 is 1.35. The normalized spacial score (nSPS) is 15.0. The quantitative estimate of drug-likeness (QED) is 0.685. The minimum Gasteiger partial charge on any atom is -0.349 e. The first kappa shape index (κ1) is 19.8. The Morgan fingerprint density at radius 1 is 1.24 bits per heavy atom. The van der Waals surface area contributed by atoms with Crippen LogP contribution in [0.25, 0.3) is 10.2 Å². The van der Waals surface area contributed by atoms with Crippen molar-refractivity contribution in [3.05, 3.63) is 62.5 Å². The minimum atomic E-state index is -0.106. The van der Waals surface area contributed by atoms with Gasteiger partial charge in [0.2, 0.25) is 0 Å². The Bertz CT molecular complexity index is 1080. The van der Waals surface area contributed by atoms with Gasteiger partial charge in [-0.25, -0.2) is 4.98 Å². The molecule has 1 atom stereocenters. The Kier molecular flexibility index (Phi) is 5.81. The summed E-state index contributed by atoms with van der Waals surface area (Å²) in [7, 11) is 0. The number of rotatable bonds is 5. The third-order valence-corrected chi connectivity index (χ3v) is 6.89. The molecule has 1 aliphatic heterocycles. The molecular formula is C23H27N3O2S. The number of fused-ring (bicyclic) bond motifs is 2. The van der Waals surface area contributed by atoms with Crippen molar-refractivity contribution in [2.24, 2.45) is 0 Å². The van der Waals surface area contributed by atoms with Gasteiger partial charge < -0.3 is 5.32 Å². The topological polar surface area (TPSA) is 64.0 Å². The second-order valence-corrected chi connectivity index (χ2v) is 8.93. The SMILES string of the molecule is Cc1c(C(=O)NC(C)CCc2ccccc2)sc2nc3n(c(=O)c12)CCCCC3. The molecule has 1 N–H and O–H groups in total. The van der Waals surface area contributed by atoms with Crippen molar-refractivity contribution in [2.75, 3.05) is 0 Å². The van der Waals surface area contributed by atoms with E-state index >= 15 is 0 Å². The predicted octanol–water partition coefficient (Wildman–Crippen LogP) is 4.24. The molecule has 0 saturated heterocycles. The molecule has 1 unspecified atom stereocenters. The first-order valence-corrected chi connectivity index (χ1v) is 11.2. The number of thiophene rings is 1. The average Bonchev–Trinajstić information content (AvgIpc) is 2.88. The van der Waals surface area contributed by atoms with Crippen LogP contribution in [0.4, 0.5) is 0 Å². The summed E-state index contributed by atoms with van der Waals surface area (Å²) in [6.07, 6.45) is 5.83. The van der Waals surface area contributed by atoms with Crippen molar-refractivity contribution in [2.45, 2.75) is 65.0 Å². The van der Waals surface area contributed by atoms with Crippen LogP contribution in [0.15, 0.2) is 35.1 Å². The standard InChI is InChI=1S/C23H27N3O2S/c1-15(12-13-17-9-5-3-6-10-17)24-21(27)20-16(2)19-22(29-20)25-18-11-7-4-8-14-26(18)23(19)28/h3,5-6,9-10,15H,4,7-8,11-14H2,1-2H3,(H,24,27). The molecule has 0 fully saturated rings. The van der Waals surface area contributed by atoms with E-state index in [1.807, 2.05) is 36.6 Å². The number of hydrogen-bond acceptors (Lipinski definition) is 4. The highest BCUT2D eigenvalue weighted by atomic mass is 32.1. The summed E-state index contributed by atoms with van der Waals surface area (Å²) in [6.45, 7) is 4.62. The highest BCUT2D eigenvalue weighted by molar-refractivity contribution is 7.20. The van der Waals surface area contributed by atoms with E-state index in [1.54, 1.807) is 0 Å². The molecule has 1 amide bonds. The highest BCUT2D eigenvalue weighted by Crippen LogP contribution is 2.28. The maximum Gasteiger partial charge on any atom is 0.262 e. The van der Waals surface area contributed by atoms with E-state index in [0.717, 1.165) is 56.5 Å². The van der Waals surface area contributed by atoms with Crippen molar-refractivity contribution < 1.29 is 4.79 Å². The second kappa shape index (κ2) is 8.49. The summed E-state index contributed by atoms with van der Waals surface area (Å²) in [5.74, 6) is 0.759. The van der Waals surface area contributed by atoms with Gasteiger partial charge >= 0.3 is 0 Å². The monoisotopic (exact) mass is 409 g/mol. The lowest BCUT2D eigenvalue weighted by Crippen LogP contribution is -2.32. The maximum absolute atomic E-state index is 13.1. The Balaban J connectivity index is 1.54. The number of carbonyl (C=O) groups is 1. The largest absolute Gasteiger partial charge is 0.349 e. The molecule has 0 spiro atoms. The van der Waals surface area contributed by atoms with Gasteiger partial charge in [-0.3, -0.25) is 14.2 Å². The zero-order chi connectivity index (χ0) is 20.4. The summed E-state index contributed by atoms with van der Waals surface area (Å²) in [5, 5.41) is 3.72. The second-order valence-electron chi connectivity index (χ2n) is 7.93. The van der Waals surface area contributed by atoms with E-state index in [4.69, 9.17) is 4.98 Å². The molecule has 4 rings (SSSR count). The first-order chi connectivity index (χ1) is 14.0. The molecule has 0 bridgehead atoms. The average molecular weight is 410 g/mol. The van der Waals surface area contributed by atoms with E-state index < -0.39 is 0 Å². The van der Waals surface area contributed by atoms with Crippen LogP contribution >= 0.6 is 11.3 Å². The number of aryl methyl sites for hydroxylation is 3. The fourth-order valence-corrected chi connectivity index (χ4v) is 5.11. The molecule has 0 saturated carbocycles. The Labute approximate surface area is 174 Å². The van der Waals surface area contributed by atoms with Gasteiger partial charge in [-0.15, -0.1) is 11.3 Å². The van der Waals surface area contributed by atoms with E-state index in [2.05, 4.69) is 17.4 Å². The number of carbonyl (C=O) groups excluding carboxylic acids is 1. The lowest BCUT2D eigenvalue weighted by Gasteiger charge is -2.13. The highest BCUT2D eigenvalue weighted by Gasteiger charge is 2.22. The number of hydrogen-bond donors (Lipinski definition) is 1. The zero-order valence-electron chi connectivity index (χ0n) is 17.0. The zero-order valence-corrected chi connectivity index (χ0v) is 17.8. The van der Waals surface area contributed by atoms with Crippen molar-refractivity contribution in [1.82, 2.24) is 14.9 Å². The fraction of sp³-hybridized carbons (Fsp3) is 0.435. The fourth-order valence-electron chi connectivity index (χ4n) is 4.02. The lowest BCUT2D eigenvalue weighted by atomic mass is 10.1. The molecule has 2 aromatic heterocycles. The van der Waals surface area contributed by atoms with Crippen molar-refractivity contribution in [1.29, 1.82) is 0 Å². The molecular weight excluding hydrogens is 382 g/mol. The number of aromatic nitrogens is 2. The van der Waals surface area contributed by atoms with Crippen LogP contribution in [0.3, 0.4) is 0 Å². The Morgan fingerprint density at radius 2 is 2.03 bits per heavy atom. The molecule has 152 valence electrons. The van der Waals surface area contributed by atoms with Crippen LogP contribution in [0.1, 0.15) is 59.2 Å². The van der Waals surface area contributed by atoms with Crippen LogP contribution in [0.2, 0.25) is 0 Å². The molecule has 1 aliphatic rings. The van der Waals surface area contributed by atoms with E-state index in [0.29, 0.717) is 15.1 Å². The first-order valence-electron chi connectivity index (χ1n) is 10.4. The van der Waals surface area contributed by atoms with Gasteiger partial charge in [0.05, 0.1) is 10.3 Å². The molecule has 0 radical (unpaired) electrons. The van der Waals surface area contributed by atoms with Gasteiger partial charge in [-0.1, -0.05) is 36.8 Å². The van der Waals surface area contributed by atoms with E-state index in [9.17, 15) is 9.59 Å².